The van der Waals surface area contributed by atoms with Crippen molar-refractivity contribution in [3.63, 3.8) is 0 Å². The van der Waals surface area contributed by atoms with Gasteiger partial charge in [0.05, 0.1) is 4.90 Å². The summed E-state index contributed by atoms with van der Waals surface area (Å²) in [6, 6.07) is 6.81. The molecule has 0 spiro atoms. The predicted octanol–water partition coefficient (Wildman–Crippen LogP) is 2.37. The largest absolute Gasteiger partial charge is 0.357 e. The minimum Gasteiger partial charge on any atom is -0.357 e. The Morgan fingerprint density at radius 2 is 1.68 bits per heavy atom. The molecular formula is C12H9ClF2O3S. The van der Waals surface area contributed by atoms with E-state index < -0.39 is 32.2 Å². The molecule has 2 aliphatic heterocycles. The fraction of sp³-hybridized carbons (Fsp3) is 0.333. The zero-order valence-electron chi connectivity index (χ0n) is 9.46. The van der Waals surface area contributed by atoms with Crippen molar-refractivity contribution < 1.29 is 21.9 Å². The summed E-state index contributed by atoms with van der Waals surface area (Å²) in [4.78, 5) is -0.329. The second-order valence-electron chi connectivity index (χ2n) is 4.45. The van der Waals surface area contributed by atoms with Gasteiger partial charge in [0.1, 0.15) is 12.2 Å². The smallest absolute Gasteiger partial charge is 0.294 e. The van der Waals surface area contributed by atoms with Gasteiger partial charge in [0.2, 0.25) is 9.84 Å². The molecule has 0 aromatic heterocycles. The quantitative estimate of drug-likeness (QED) is 0.622. The Bertz CT molecular complexity index is 644. The minimum absolute atomic E-state index is 0.329. The monoisotopic (exact) mass is 306 g/mol. The maximum absolute atomic E-state index is 15.0. The number of benzene rings is 1. The average molecular weight is 307 g/mol. The van der Waals surface area contributed by atoms with Gasteiger partial charge in [-0.05, 0) is 12.1 Å². The molecule has 0 radical (unpaired) electrons. The van der Waals surface area contributed by atoms with Crippen LogP contribution in [0.2, 0.25) is 0 Å². The second-order valence-corrected chi connectivity index (χ2v) is 7.07. The molecule has 1 fully saturated rings. The number of fused-ring (bicyclic) bond motifs is 2. The Balaban J connectivity index is 2.19. The van der Waals surface area contributed by atoms with Gasteiger partial charge < -0.3 is 4.74 Å². The van der Waals surface area contributed by atoms with Crippen LogP contribution >= 0.6 is 11.6 Å². The van der Waals surface area contributed by atoms with Crippen LogP contribution in [0.1, 0.15) is 0 Å². The first-order chi connectivity index (χ1) is 8.82. The van der Waals surface area contributed by atoms with Crippen LogP contribution in [0.4, 0.5) is 8.78 Å². The number of hydrogen-bond acceptors (Lipinski definition) is 3. The van der Waals surface area contributed by atoms with E-state index in [9.17, 15) is 17.2 Å². The molecular weight excluding hydrogens is 298 g/mol. The van der Waals surface area contributed by atoms with Crippen molar-refractivity contribution in [3.05, 3.63) is 42.5 Å². The summed E-state index contributed by atoms with van der Waals surface area (Å²) >= 11 is 5.51. The van der Waals surface area contributed by atoms with Crippen LogP contribution in [-0.4, -0.2) is 30.8 Å². The van der Waals surface area contributed by atoms with E-state index >= 15 is 0 Å². The van der Waals surface area contributed by atoms with Crippen LogP contribution in [0, 0.1) is 0 Å². The molecule has 19 heavy (non-hydrogen) atoms. The summed E-state index contributed by atoms with van der Waals surface area (Å²) in [7, 11) is -4.63. The first-order valence-electron chi connectivity index (χ1n) is 5.52. The Morgan fingerprint density at radius 1 is 1.11 bits per heavy atom. The van der Waals surface area contributed by atoms with Crippen molar-refractivity contribution in [1.82, 2.24) is 0 Å². The molecule has 2 aliphatic rings. The van der Waals surface area contributed by atoms with Crippen LogP contribution in [0.25, 0.3) is 0 Å². The molecule has 2 bridgehead atoms. The molecule has 4 atom stereocenters. The Kier molecular flexibility index (Phi) is 2.59. The molecule has 1 saturated heterocycles. The summed E-state index contributed by atoms with van der Waals surface area (Å²) in [5, 5.41) is -6.47. The van der Waals surface area contributed by atoms with Gasteiger partial charge in [-0.15, -0.1) is 0 Å². The Morgan fingerprint density at radius 3 is 2.21 bits per heavy atom. The van der Waals surface area contributed by atoms with Crippen LogP contribution in [0.5, 0.6) is 0 Å². The first-order valence-corrected chi connectivity index (χ1v) is 7.38. The van der Waals surface area contributed by atoms with Crippen LogP contribution in [-0.2, 0) is 14.6 Å². The van der Waals surface area contributed by atoms with E-state index in [1.165, 1.54) is 36.4 Å². The summed E-state index contributed by atoms with van der Waals surface area (Å²) in [6.07, 6.45) is -0.519. The van der Waals surface area contributed by atoms with Gasteiger partial charge in [0.25, 0.3) is 10.1 Å². The molecule has 0 aliphatic carbocycles. The number of sulfone groups is 1. The third-order valence-electron chi connectivity index (χ3n) is 3.38. The molecule has 102 valence electrons. The van der Waals surface area contributed by atoms with Gasteiger partial charge in [-0.1, -0.05) is 42.0 Å². The molecule has 1 aromatic rings. The molecule has 0 saturated carbocycles. The van der Waals surface area contributed by atoms with E-state index in [0.717, 1.165) is 0 Å². The molecule has 1 aromatic carbocycles. The molecule has 0 amide bonds. The molecule has 7 heteroatoms. The van der Waals surface area contributed by atoms with E-state index in [2.05, 4.69) is 0 Å². The molecule has 0 unspecified atom stereocenters. The zero-order chi connectivity index (χ0) is 13.9. The number of halogens is 3. The van der Waals surface area contributed by atoms with E-state index in [1.807, 2.05) is 0 Å². The normalized spacial score (nSPS) is 40.8. The van der Waals surface area contributed by atoms with Crippen LogP contribution in [0.15, 0.2) is 47.4 Å². The first kappa shape index (κ1) is 13.0. The number of rotatable bonds is 2. The van der Waals surface area contributed by atoms with Crippen molar-refractivity contribution in [3.8, 4) is 0 Å². The highest BCUT2D eigenvalue weighted by Crippen LogP contribution is 2.56. The Hall–Kier alpha value is -0.980. The molecule has 3 rings (SSSR count). The fourth-order valence-electron chi connectivity index (χ4n) is 2.35. The summed E-state index contributed by atoms with van der Waals surface area (Å²) in [5.41, 5.74) is 0. The fourth-order valence-corrected chi connectivity index (χ4v) is 4.66. The highest BCUT2D eigenvalue weighted by Gasteiger charge is 2.76. The highest BCUT2D eigenvalue weighted by atomic mass is 35.5. The third kappa shape index (κ3) is 1.42. The van der Waals surface area contributed by atoms with Gasteiger partial charge >= 0.3 is 0 Å². The molecule has 0 N–H and O–H groups in total. The Labute approximate surface area is 113 Å². The van der Waals surface area contributed by atoms with Gasteiger partial charge in [0, 0.05) is 0 Å². The predicted molar refractivity (Wildman–Crippen MR) is 65.0 cm³/mol. The average Bonchev–Trinajstić information content (AvgIpc) is 2.94. The van der Waals surface area contributed by atoms with E-state index in [1.54, 1.807) is 6.07 Å². The summed E-state index contributed by atoms with van der Waals surface area (Å²) in [5.74, 6) is 0. The lowest BCUT2D eigenvalue weighted by Crippen LogP contribution is -2.55. The number of hydrogen-bond donors (Lipinski definition) is 0. The van der Waals surface area contributed by atoms with Gasteiger partial charge in [-0.25, -0.2) is 17.2 Å². The van der Waals surface area contributed by atoms with E-state index in [0.29, 0.717) is 0 Å². The lowest BCUT2D eigenvalue weighted by molar-refractivity contribution is 0.0863. The van der Waals surface area contributed by atoms with Crippen LogP contribution < -0.4 is 0 Å². The number of ether oxygens (including phenoxy) is 1. The second kappa shape index (κ2) is 3.77. The molecule has 3 nitrogen and oxygen atoms in total. The van der Waals surface area contributed by atoms with Crippen molar-refractivity contribution in [1.29, 1.82) is 0 Å². The lowest BCUT2D eigenvalue weighted by Gasteiger charge is -2.32. The lowest BCUT2D eigenvalue weighted by atomic mass is 10.0. The third-order valence-corrected chi connectivity index (χ3v) is 6.18. The SMILES string of the molecule is O=S(=O)(c1ccccc1)[C@]1(F)[C@@H]2C=C[C@@H](O2)[C@]1(F)Cl. The maximum atomic E-state index is 15.0. The summed E-state index contributed by atoms with van der Waals surface area (Å²) < 4.78 is 59.0. The summed E-state index contributed by atoms with van der Waals surface area (Å²) in [6.45, 7) is 0. The van der Waals surface area contributed by atoms with Crippen molar-refractivity contribution >= 4 is 21.4 Å². The van der Waals surface area contributed by atoms with Gasteiger partial charge in [-0.2, -0.15) is 0 Å². The topological polar surface area (TPSA) is 43.4 Å². The van der Waals surface area contributed by atoms with Crippen molar-refractivity contribution in [2.24, 2.45) is 0 Å². The standard InChI is InChI=1S/C12H9ClF2O3S/c13-11(14)9-6-7-10(18-9)12(11,15)19(16,17)8-4-2-1-3-5-8/h1-7,9-10H/t9-,10+,11-,12-/m1/s1. The van der Waals surface area contributed by atoms with Crippen molar-refractivity contribution in [2.45, 2.75) is 27.2 Å². The highest BCUT2D eigenvalue weighted by molar-refractivity contribution is 7.93. The minimum atomic E-state index is -4.63. The van der Waals surface area contributed by atoms with Gasteiger partial charge in [-0.3, -0.25) is 0 Å². The van der Waals surface area contributed by atoms with Crippen LogP contribution in [0.3, 0.4) is 0 Å². The van der Waals surface area contributed by atoms with Crippen molar-refractivity contribution in [2.75, 3.05) is 0 Å². The van der Waals surface area contributed by atoms with E-state index in [-0.39, 0.29) is 4.90 Å². The number of alkyl halides is 3. The maximum Gasteiger partial charge on any atom is 0.294 e. The zero-order valence-corrected chi connectivity index (χ0v) is 11.0. The van der Waals surface area contributed by atoms with Gasteiger partial charge in [0.15, 0.2) is 0 Å². The molecule has 2 heterocycles. The van der Waals surface area contributed by atoms with E-state index in [4.69, 9.17) is 16.3 Å².